The van der Waals surface area contributed by atoms with Crippen LogP contribution < -0.4 is 5.32 Å². The topological polar surface area (TPSA) is 45.2 Å². The van der Waals surface area contributed by atoms with Gasteiger partial charge in [0.25, 0.3) is 5.91 Å². The van der Waals surface area contributed by atoms with E-state index in [1.807, 2.05) is 23.6 Å². The van der Waals surface area contributed by atoms with Gasteiger partial charge >= 0.3 is 0 Å². The molecule has 4 nitrogen and oxygen atoms in total. The number of carbonyl (C=O) groups is 1. The molecule has 0 saturated carbocycles. The number of nitrogens with zero attached hydrogens (tertiary/aromatic N) is 2. The lowest BCUT2D eigenvalue weighted by Gasteiger charge is -2.45. The van der Waals surface area contributed by atoms with Crippen molar-refractivity contribution < 1.29 is 4.79 Å². The second kappa shape index (κ2) is 4.82. The number of piperidine rings is 3. The van der Waals surface area contributed by atoms with Gasteiger partial charge in [0.2, 0.25) is 0 Å². The highest BCUT2D eigenvalue weighted by atomic mass is 32.1. The highest BCUT2D eigenvalue weighted by Crippen LogP contribution is 2.30. The zero-order valence-corrected chi connectivity index (χ0v) is 12.0. The van der Waals surface area contributed by atoms with Gasteiger partial charge in [-0.2, -0.15) is 0 Å². The fraction of sp³-hybridized carbons (Fsp3) is 0.467. The lowest BCUT2D eigenvalue weighted by atomic mass is 9.86. The molecule has 5 heteroatoms. The monoisotopic (exact) mass is 287 g/mol. The zero-order chi connectivity index (χ0) is 13.5. The van der Waals surface area contributed by atoms with Gasteiger partial charge in [-0.3, -0.25) is 9.69 Å². The summed E-state index contributed by atoms with van der Waals surface area (Å²) in [5.74, 6) is 0.746. The third-order valence-corrected chi connectivity index (χ3v) is 5.32. The molecule has 3 fully saturated rings. The summed E-state index contributed by atoms with van der Waals surface area (Å²) in [5.41, 5.74) is 0.530. The van der Waals surface area contributed by atoms with Crippen molar-refractivity contribution in [2.24, 2.45) is 5.92 Å². The minimum absolute atomic E-state index is 0.0437. The number of amides is 1. The third kappa shape index (κ3) is 2.11. The van der Waals surface area contributed by atoms with Gasteiger partial charge in [-0.25, -0.2) is 4.98 Å². The largest absolute Gasteiger partial charge is 0.335 e. The van der Waals surface area contributed by atoms with E-state index < -0.39 is 0 Å². The fourth-order valence-corrected chi connectivity index (χ4v) is 4.08. The van der Waals surface area contributed by atoms with Crippen LogP contribution >= 0.6 is 11.3 Å². The Morgan fingerprint density at radius 1 is 1.30 bits per heavy atom. The first-order chi connectivity index (χ1) is 9.79. The van der Waals surface area contributed by atoms with Gasteiger partial charge in [0.05, 0.1) is 6.17 Å². The van der Waals surface area contributed by atoms with Gasteiger partial charge in [-0.1, -0.05) is 0 Å². The Hall–Kier alpha value is -1.46. The van der Waals surface area contributed by atoms with Crippen molar-refractivity contribution in [3.63, 3.8) is 0 Å². The number of rotatable bonds is 2. The van der Waals surface area contributed by atoms with Crippen LogP contribution in [0.5, 0.6) is 0 Å². The van der Waals surface area contributed by atoms with Crippen LogP contribution in [0.25, 0.3) is 10.2 Å². The molecule has 104 valence electrons. The molecule has 5 heterocycles. The Balaban J connectivity index is 1.52. The Morgan fingerprint density at radius 3 is 2.90 bits per heavy atom. The Kier molecular flexibility index (Phi) is 2.97. The molecule has 3 aliphatic rings. The summed E-state index contributed by atoms with van der Waals surface area (Å²) in [5, 5.41) is 6.26. The first kappa shape index (κ1) is 12.3. The minimum Gasteiger partial charge on any atom is -0.335 e. The lowest BCUT2D eigenvalue weighted by molar-refractivity contribution is 0.0293. The Bertz CT molecular complexity index is 645. The predicted molar refractivity (Wildman–Crippen MR) is 79.8 cm³/mol. The maximum Gasteiger partial charge on any atom is 0.271 e. The predicted octanol–water partition coefficient (Wildman–Crippen LogP) is 2.47. The first-order valence-electron chi connectivity index (χ1n) is 7.19. The molecule has 5 rings (SSSR count). The van der Waals surface area contributed by atoms with Crippen LogP contribution in [0.4, 0.5) is 0 Å². The molecule has 2 aromatic rings. The molecule has 3 aliphatic heterocycles. The second-order valence-corrected chi connectivity index (χ2v) is 6.61. The molecule has 20 heavy (non-hydrogen) atoms. The third-order valence-electron chi connectivity index (χ3n) is 4.49. The van der Waals surface area contributed by atoms with Crippen molar-refractivity contribution in [1.29, 1.82) is 0 Å². The Morgan fingerprint density at radius 2 is 2.15 bits per heavy atom. The molecule has 2 bridgehead atoms. The highest BCUT2D eigenvalue weighted by Gasteiger charge is 2.34. The van der Waals surface area contributed by atoms with E-state index in [-0.39, 0.29) is 12.1 Å². The molecule has 0 radical (unpaired) electrons. The number of hydrogen-bond donors (Lipinski definition) is 1. The van der Waals surface area contributed by atoms with Gasteiger partial charge in [-0.05, 0) is 48.8 Å². The van der Waals surface area contributed by atoms with Crippen molar-refractivity contribution in [3.05, 3.63) is 29.3 Å². The summed E-state index contributed by atoms with van der Waals surface area (Å²) >= 11 is 1.58. The van der Waals surface area contributed by atoms with Gasteiger partial charge in [0.15, 0.2) is 0 Å². The summed E-state index contributed by atoms with van der Waals surface area (Å²) in [7, 11) is 0. The van der Waals surface area contributed by atoms with Crippen molar-refractivity contribution in [2.45, 2.75) is 25.4 Å². The number of carbonyl (C=O) groups excluding carboxylic acids is 1. The maximum absolute atomic E-state index is 12.4. The van der Waals surface area contributed by atoms with Crippen LogP contribution in [-0.4, -0.2) is 35.0 Å². The molecule has 1 amide bonds. The van der Waals surface area contributed by atoms with E-state index in [1.165, 1.54) is 12.8 Å². The van der Waals surface area contributed by atoms with Crippen LogP contribution in [-0.2, 0) is 0 Å². The van der Waals surface area contributed by atoms with E-state index in [0.29, 0.717) is 5.69 Å². The molecule has 1 N–H and O–H groups in total. The molecular weight excluding hydrogens is 270 g/mol. The smallest absolute Gasteiger partial charge is 0.271 e. The van der Waals surface area contributed by atoms with Crippen LogP contribution in [0, 0.1) is 5.92 Å². The zero-order valence-electron chi connectivity index (χ0n) is 11.2. The van der Waals surface area contributed by atoms with Crippen molar-refractivity contribution in [2.75, 3.05) is 13.1 Å². The second-order valence-electron chi connectivity index (χ2n) is 5.72. The number of thiophene rings is 1. The van der Waals surface area contributed by atoms with E-state index in [4.69, 9.17) is 0 Å². The Labute approximate surface area is 121 Å². The van der Waals surface area contributed by atoms with Crippen LogP contribution in [0.1, 0.15) is 29.8 Å². The van der Waals surface area contributed by atoms with Crippen LogP contribution in [0.15, 0.2) is 23.6 Å². The molecule has 0 aliphatic carbocycles. The quantitative estimate of drug-likeness (QED) is 0.923. The van der Waals surface area contributed by atoms with Crippen molar-refractivity contribution in [1.82, 2.24) is 15.2 Å². The van der Waals surface area contributed by atoms with Gasteiger partial charge < -0.3 is 5.32 Å². The van der Waals surface area contributed by atoms with E-state index in [0.717, 1.165) is 35.6 Å². The molecular formula is C15H17N3OS. The van der Waals surface area contributed by atoms with E-state index >= 15 is 0 Å². The molecule has 3 saturated heterocycles. The van der Waals surface area contributed by atoms with Crippen LogP contribution in [0.3, 0.4) is 0 Å². The molecule has 0 aromatic carbocycles. The van der Waals surface area contributed by atoms with E-state index in [1.54, 1.807) is 11.3 Å². The summed E-state index contributed by atoms with van der Waals surface area (Å²) in [6.45, 7) is 2.24. The van der Waals surface area contributed by atoms with Gasteiger partial charge in [0.1, 0.15) is 10.5 Å². The first-order valence-corrected chi connectivity index (χ1v) is 8.07. The lowest BCUT2D eigenvalue weighted by Crippen LogP contribution is -2.56. The normalized spacial score (nSPS) is 28.7. The summed E-state index contributed by atoms with van der Waals surface area (Å²) < 4.78 is 0. The number of pyridine rings is 1. The number of aromatic nitrogens is 1. The molecule has 1 unspecified atom stereocenters. The fourth-order valence-electron chi connectivity index (χ4n) is 3.31. The van der Waals surface area contributed by atoms with Crippen LogP contribution in [0.2, 0.25) is 0 Å². The summed E-state index contributed by atoms with van der Waals surface area (Å²) in [6, 6.07) is 5.82. The van der Waals surface area contributed by atoms with Crippen molar-refractivity contribution >= 4 is 27.5 Å². The van der Waals surface area contributed by atoms with Gasteiger partial charge in [-0.15, -0.1) is 11.3 Å². The summed E-state index contributed by atoms with van der Waals surface area (Å²) in [6.07, 6.45) is 3.86. The SMILES string of the molecule is O=C(NC1CC2CCN1CC2)c1ccc2ccsc2n1. The molecule has 0 spiro atoms. The standard InChI is InChI=1S/C15H17N3OS/c19-14(12-2-1-11-5-8-20-15(11)16-12)17-13-9-10-3-6-18(13)7-4-10/h1-2,5,8,10,13H,3-4,6-7,9H2,(H,17,19). The average molecular weight is 287 g/mol. The molecule has 1 atom stereocenters. The number of hydrogen-bond acceptors (Lipinski definition) is 4. The number of nitrogens with one attached hydrogen (secondary N) is 1. The minimum atomic E-state index is -0.0437. The maximum atomic E-state index is 12.4. The summed E-state index contributed by atoms with van der Waals surface area (Å²) in [4.78, 5) is 20.1. The average Bonchev–Trinajstić information content (AvgIpc) is 2.96. The number of fused-ring (bicyclic) bond motifs is 4. The van der Waals surface area contributed by atoms with Crippen molar-refractivity contribution in [3.8, 4) is 0 Å². The highest BCUT2D eigenvalue weighted by molar-refractivity contribution is 7.16. The van der Waals surface area contributed by atoms with Gasteiger partial charge in [0, 0.05) is 18.5 Å². The van der Waals surface area contributed by atoms with E-state index in [2.05, 4.69) is 15.2 Å². The molecule has 2 aromatic heterocycles. The van der Waals surface area contributed by atoms with E-state index in [9.17, 15) is 4.79 Å².